The van der Waals surface area contributed by atoms with Crippen molar-refractivity contribution in [2.45, 2.75) is 63.3 Å². The number of carbonyl (C=O) groups is 2. The number of primary amides is 1. The first-order valence-electron chi connectivity index (χ1n) is 14.1. The second-order valence-electron chi connectivity index (χ2n) is 11.3. The third kappa shape index (κ3) is 5.09. The molecule has 0 aliphatic carbocycles. The molecule has 226 valence electrons. The van der Waals surface area contributed by atoms with Crippen LogP contribution in [-0.2, 0) is 22.7 Å². The van der Waals surface area contributed by atoms with E-state index in [4.69, 9.17) is 20.0 Å². The fraction of sp³-hybridized carbons (Fsp3) is 0.387. The van der Waals surface area contributed by atoms with Gasteiger partial charge in [0.15, 0.2) is 11.4 Å². The van der Waals surface area contributed by atoms with Crippen LogP contribution in [0.25, 0.3) is 0 Å². The largest absolute Gasteiger partial charge is 0.483 e. The lowest BCUT2D eigenvalue weighted by atomic mass is 9.85. The molecule has 2 saturated heterocycles. The molecule has 6 rings (SSSR count). The predicted molar refractivity (Wildman–Crippen MR) is 150 cm³/mol. The smallest absolute Gasteiger partial charge is 0.274 e. The Labute approximate surface area is 246 Å². The number of fused-ring (bicyclic) bond motifs is 5. The summed E-state index contributed by atoms with van der Waals surface area (Å²) < 4.78 is 41.6. The van der Waals surface area contributed by atoms with Crippen molar-refractivity contribution in [2.24, 2.45) is 5.73 Å². The minimum absolute atomic E-state index is 0.0101. The number of rotatable bonds is 7. The Hall–Kier alpha value is -4.13. The van der Waals surface area contributed by atoms with E-state index in [2.05, 4.69) is 0 Å². The summed E-state index contributed by atoms with van der Waals surface area (Å²) in [5.74, 6) is -3.00. The maximum atomic E-state index is 14.6. The lowest BCUT2D eigenvalue weighted by molar-refractivity contribution is -0.252. The third-order valence-corrected chi connectivity index (χ3v) is 8.73. The van der Waals surface area contributed by atoms with Gasteiger partial charge in [-0.05, 0) is 31.4 Å². The third-order valence-electron chi connectivity index (χ3n) is 8.73. The van der Waals surface area contributed by atoms with Crippen LogP contribution < -0.4 is 15.9 Å². The first-order chi connectivity index (χ1) is 20.6. The summed E-state index contributed by atoms with van der Waals surface area (Å²) in [6.07, 6.45) is 2.11. The quantitative estimate of drug-likeness (QED) is 0.445. The number of nitrogens with zero attached hydrogens (tertiary/aromatic N) is 3. The van der Waals surface area contributed by atoms with Gasteiger partial charge in [-0.15, -0.1) is 0 Å². The Morgan fingerprint density at radius 3 is 2.63 bits per heavy atom. The SMILES string of the molecule is COC1C[C@]2(CC[C@H](C)N3C[C@H]2n2cc(C(N)=O)c(=O)c(OCc4ccccc4)c2C3=O)ON1Cc1ccc(F)cc1F. The van der Waals surface area contributed by atoms with E-state index in [1.165, 1.54) is 30.5 Å². The predicted octanol–water partition coefficient (Wildman–Crippen LogP) is 3.53. The molecule has 2 amide bonds. The molecule has 1 unspecified atom stereocenters. The van der Waals surface area contributed by atoms with Gasteiger partial charge in [-0.25, -0.2) is 8.78 Å². The fourth-order valence-corrected chi connectivity index (χ4v) is 6.40. The summed E-state index contributed by atoms with van der Waals surface area (Å²) in [4.78, 5) is 48.3. The van der Waals surface area contributed by atoms with Gasteiger partial charge >= 0.3 is 0 Å². The van der Waals surface area contributed by atoms with Gasteiger partial charge in [-0.1, -0.05) is 36.4 Å². The highest BCUT2D eigenvalue weighted by Gasteiger charge is 2.57. The second kappa shape index (κ2) is 11.2. The van der Waals surface area contributed by atoms with E-state index >= 15 is 0 Å². The van der Waals surface area contributed by atoms with Gasteiger partial charge in [-0.3, -0.25) is 19.2 Å². The molecule has 3 aliphatic rings. The van der Waals surface area contributed by atoms with Crippen LogP contribution >= 0.6 is 0 Å². The molecule has 2 aromatic carbocycles. The molecule has 0 saturated carbocycles. The van der Waals surface area contributed by atoms with Gasteiger partial charge in [0, 0.05) is 43.9 Å². The zero-order chi connectivity index (χ0) is 30.5. The van der Waals surface area contributed by atoms with E-state index in [9.17, 15) is 23.2 Å². The summed E-state index contributed by atoms with van der Waals surface area (Å²) in [5.41, 5.74) is 4.58. The van der Waals surface area contributed by atoms with Crippen LogP contribution in [0, 0.1) is 11.6 Å². The van der Waals surface area contributed by atoms with E-state index in [1.54, 1.807) is 9.47 Å². The topological polar surface area (TPSA) is 116 Å². The van der Waals surface area contributed by atoms with Gasteiger partial charge in [0.25, 0.3) is 11.8 Å². The highest BCUT2D eigenvalue weighted by Crippen LogP contribution is 2.49. The van der Waals surface area contributed by atoms with Crippen LogP contribution in [-0.4, -0.2) is 57.9 Å². The molecular formula is C31H32F2N4O6. The van der Waals surface area contributed by atoms with Crippen molar-refractivity contribution in [1.82, 2.24) is 14.5 Å². The number of hydrogen-bond donors (Lipinski definition) is 1. The Bertz CT molecular complexity index is 1630. The number of nitrogens with two attached hydrogens (primary N) is 1. The van der Waals surface area contributed by atoms with Crippen molar-refractivity contribution >= 4 is 11.8 Å². The monoisotopic (exact) mass is 594 g/mol. The summed E-state index contributed by atoms with van der Waals surface area (Å²) in [5, 5.41) is 1.52. The molecule has 2 bridgehead atoms. The molecule has 4 heterocycles. The van der Waals surface area contributed by atoms with Crippen molar-refractivity contribution < 1.29 is 32.7 Å². The summed E-state index contributed by atoms with van der Waals surface area (Å²) in [6.45, 7) is 2.12. The highest BCUT2D eigenvalue weighted by atomic mass is 19.1. The van der Waals surface area contributed by atoms with Crippen molar-refractivity contribution in [3.05, 3.63) is 99.0 Å². The van der Waals surface area contributed by atoms with Crippen LogP contribution in [0.3, 0.4) is 0 Å². The van der Waals surface area contributed by atoms with Crippen molar-refractivity contribution in [3.8, 4) is 5.75 Å². The van der Waals surface area contributed by atoms with Crippen molar-refractivity contribution in [1.29, 1.82) is 0 Å². The zero-order valence-corrected chi connectivity index (χ0v) is 23.8. The average molecular weight is 595 g/mol. The van der Waals surface area contributed by atoms with Crippen LogP contribution in [0.4, 0.5) is 8.78 Å². The molecule has 3 aliphatic heterocycles. The van der Waals surface area contributed by atoms with Gasteiger partial charge in [0.1, 0.15) is 35.6 Å². The van der Waals surface area contributed by atoms with Crippen LogP contribution in [0.1, 0.15) is 64.2 Å². The summed E-state index contributed by atoms with van der Waals surface area (Å²) in [7, 11) is 1.52. The number of hydrogen-bond acceptors (Lipinski definition) is 7. The van der Waals surface area contributed by atoms with Gasteiger partial charge < -0.3 is 24.7 Å². The molecule has 12 heteroatoms. The molecule has 2 N–H and O–H groups in total. The van der Waals surface area contributed by atoms with Crippen LogP contribution in [0.15, 0.2) is 59.5 Å². The molecule has 1 aromatic heterocycles. The van der Waals surface area contributed by atoms with E-state index in [0.29, 0.717) is 19.3 Å². The zero-order valence-electron chi connectivity index (χ0n) is 23.8. The molecule has 1 spiro atoms. The Kier molecular flexibility index (Phi) is 7.53. The van der Waals surface area contributed by atoms with E-state index in [-0.39, 0.29) is 48.3 Å². The maximum Gasteiger partial charge on any atom is 0.274 e. The Morgan fingerprint density at radius 2 is 1.93 bits per heavy atom. The molecule has 4 atom stereocenters. The Morgan fingerprint density at radius 1 is 1.16 bits per heavy atom. The number of carbonyl (C=O) groups excluding carboxylic acids is 2. The lowest BCUT2D eigenvalue weighted by Crippen LogP contribution is -2.52. The number of ether oxygens (including phenoxy) is 2. The minimum Gasteiger partial charge on any atom is -0.483 e. The van der Waals surface area contributed by atoms with Gasteiger partial charge in [0.2, 0.25) is 5.43 Å². The molecule has 43 heavy (non-hydrogen) atoms. The number of benzene rings is 2. The lowest BCUT2D eigenvalue weighted by Gasteiger charge is -2.42. The van der Waals surface area contributed by atoms with E-state index < -0.39 is 46.7 Å². The second-order valence-corrected chi connectivity index (χ2v) is 11.3. The molecular weight excluding hydrogens is 562 g/mol. The number of halogens is 2. The van der Waals surface area contributed by atoms with E-state index in [1.807, 2.05) is 37.3 Å². The van der Waals surface area contributed by atoms with Gasteiger partial charge in [0.05, 0.1) is 12.6 Å². The Balaban J connectivity index is 1.45. The van der Waals surface area contributed by atoms with Crippen LogP contribution in [0.2, 0.25) is 0 Å². The highest BCUT2D eigenvalue weighted by molar-refractivity contribution is 5.99. The standard InChI is InChI=1S/C31H32F2N4O6/c1-18-10-11-31(13-25(41-2)37(43-31)14-20-8-9-21(32)12-23(20)33)24-16-35(18)30(40)26-28(42-17-19-6-4-3-5-7-19)27(38)22(29(34)39)15-36(24)26/h3-9,12,15,18,24-25H,10-11,13-14,16-17H2,1-2H3,(H2,34,39)/t18-,24+,25?,31-/m0/s1. The van der Waals surface area contributed by atoms with Crippen LogP contribution in [0.5, 0.6) is 5.75 Å². The first-order valence-corrected chi connectivity index (χ1v) is 14.1. The molecule has 10 nitrogen and oxygen atoms in total. The number of amides is 2. The molecule has 0 radical (unpaired) electrons. The number of pyridine rings is 1. The normalized spacial score (nSPS) is 25.1. The minimum atomic E-state index is -0.976. The fourth-order valence-electron chi connectivity index (χ4n) is 6.40. The first kappa shape index (κ1) is 29.0. The van der Waals surface area contributed by atoms with Gasteiger partial charge in [-0.2, -0.15) is 5.06 Å². The summed E-state index contributed by atoms with van der Waals surface area (Å²) >= 11 is 0. The molecule has 3 aromatic rings. The number of hydroxylamine groups is 2. The van der Waals surface area contributed by atoms with Crippen molar-refractivity contribution in [2.75, 3.05) is 13.7 Å². The summed E-state index contributed by atoms with van der Waals surface area (Å²) in [6, 6.07) is 11.7. The number of aromatic nitrogens is 1. The van der Waals surface area contributed by atoms with Crippen molar-refractivity contribution in [3.63, 3.8) is 0 Å². The maximum absolute atomic E-state index is 14.6. The number of methoxy groups -OCH3 is 1. The van der Waals surface area contributed by atoms with E-state index in [0.717, 1.165) is 11.6 Å². The molecule has 2 fully saturated rings. The average Bonchev–Trinajstić information content (AvgIpc) is 3.29.